The number of nitriles is 1. The number of para-hydroxylation sites is 2. The lowest BCUT2D eigenvalue weighted by Gasteiger charge is -2.25. The molecule has 0 atom stereocenters. The molecule has 0 unspecified atom stereocenters. The summed E-state index contributed by atoms with van der Waals surface area (Å²) in [5.41, 5.74) is 6.80. The third-order valence-electron chi connectivity index (χ3n) is 7.91. The summed E-state index contributed by atoms with van der Waals surface area (Å²) >= 11 is 1.81. The van der Waals surface area contributed by atoms with Gasteiger partial charge in [0.05, 0.1) is 17.1 Å². The molecule has 0 aliphatic rings. The molecule has 4 heteroatoms. The van der Waals surface area contributed by atoms with E-state index in [9.17, 15) is 5.26 Å². The highest BCUT2D eigenvalue weighted by molar-refractivity contribution is 7.25. The van der Waals surface area contributed by atoms with Crippen LogP contribution in [0.5, 0.6) is 0 Å². The number of fused-ring (bicyclic) bond motifs is 6. The molecule has 0 spiro atoms. The van der Waals surface area contributed by atoms with Crippen molar-refractivity contribution in [2.24, 2.45) is 0 Å². The summed E-state index contributed by atoms with van der Waals surface area (Å²) in [6.45, 7) is 0. The Kier molecular flexibility index (Phi) is 5.70. The molecule has 0 saturated carbocycles. The van der Waals surface area contributed by atoms with Crippen molar-refractivity contribution in [3.8, 4) is 17.2 Å². The van der Waals surface area contributed by atoms with Crippen LogP contribution in [0.3, 0.4) is 0 Å². The van der Waals surface area contributed by atoms with Crippen molar-refractivity contribution in [1.29, 1.82) is 5.26 Å². The molecule has 0 fully saturated rings. The van der Waals surface area contributed by atoms with Crippen LogP contribution in [-0.4, -0.2) is 4.98 Å². The highest BCUT2D eigenvalue weighted by atomic mass is 32.1. The number of hydrogen-bond acceptors (Lipinski definition) is 4. The maximum atomic E-state index is 10.1. The van der Waals surface area contributed by atoms with Gasteiger partial charge in [-0.05, 0) is 83.2 Å². The summed E-state index contributed by atoms with van der Waals surface area (Å²) in [4.78, 5) is 7.10. The molecule has 42 heavy (non-hydrogen) atoms. The summed E-state index contributed by atoms with van der Waals surface area (Å²) in [5.74, 6) is 0. The van der Waals surface area contributed by atoms with Gasteiger partial charge < -0.3 is 4.90 Å². The van der Waals surface area contributed by atoms with Crippen molar-refractivity contribution in [2.45, 2.75) is 0 Å². The van der Waals surface area contributed by atoms with Gasteiger partial charge in [0.1, 0.15) is 0 Å². The van der Waals surface area contributed by atoms with E-state index in [-0.39, 0.29) is 0 Å². The maximum absolute atomic E-state index is 10.1. The van der Waals surface area contributed by atoms with Gasteiger partial charge in [0.15, 0.2) is 0 Å². The number of rotatable bonds is 4. The van der Waals surface area contributed by atoms with E-state index in [0.29, 0.717) is 5.56 Å². The average Bonchev–Trinajstić information content (AvgIpc) is 3.42. The van der Waals surface area contributed by atoms with Gasteiger partial charge in [0.2, 0.25) is 0 Å². The Bertz CT molecular complexity index is 2260. The second-order valence-electron chi connectivity index (χ2n) is 10.3. The first-order valence-corrected chi connectivity index (χ1v) is 14.7. The molecule has 0 saturated heterocycles. The van der Waals surface area contributed by atoms with Gasteiger partial charge in [0.25, 0.3) is 0 Å². The van der Waals surface area contributed by atoms with Crippen LogP contribution in [-0.2, 0) is 0 Å². The zero-order valence-corrected chi connectivity index (χ0v) is 23.3. The first kappa shape index (κ1) is 24.3. The molecular formula is C38H23N3S. The normalized spacial score (nSPS) is 11.3. The number of nitrogens with zero attached hydrogens (tertiary/aromatic N) is 3. The van der Waals surface area contributed by atoms with Crippen molar-refractivity contribution in [2.75, 3.05) is 4.90 Å². The summed E-state index contributed by atoms with van der Waals surface area (Å²) < 4.78 is 2.53. The number of benzene rings is 6. The minimum absolute atomic E-state index is 0.631. The number of anilines is 3. The largest absolute Gasteiger partial charge is 0.311 e. The monoisotopic (exact) mass is 553 g/mol. The molecule has 8 aromatic rings. The lowest BCUT2D eigenvalue weighted by atomic mass is 9.92. The van der Waals surface area contributed by atoms with E-state index in [1.54, 1.807) is 6.20 Å². The maximum Gasteiger partial charge on any atom is 0.0999 e. The SMILES string of the molecule is N#Cc1ccnc2c1c(-c1ccc(N(c3ccccc3)c3ccccc3)cc1)cc1cc3sc4ccccc4c3cc12. The molecule has 196 valence electrons. The van der Waals surface area contributed by atoms with Crippen LogP contribution in [0, 0.1) is 11.3 Å². The zero-order chi connectivity index (χ0) is 28.0. The summed E-state index contributed by atoms with van der Waals surface area (Å²) in [6, 6.07) is 49.0. The Morgan fingerprint density at radius 1 is 0.595 bits per heavy atom. The molecular weight excluding hydrogens is 531 g/mol. The second-order valence-corrected chi connectivity index (χ2v) is 11.4. The molecule has 0 aliphatic heterocycles. The Labute approximate surface area is 247 Å². The predicted octanol–water partition coefficient (Wildman–Crippen LogP) is 10.8. The summed E-state index contributed by atoms with van der Waals surface area (Å²) in [6.07, 6.45) is 1.75. The number of thiophene rings is 1. The minimum atomic E-state index is 0.631. The van der Waals surface area contributed by atoms with E-state index >= 15 is 0 Å². The van der Waals surface area contributed by atoms with Crippen molar-refractivity contribution in [3.05, 3.63) is 145 Å². The Hall–Kier alpha value is -5.50. The Balaban J connectivity index is 1.34. The molecule has 0 radical (unpaired) electrons. The van der Waals surface area contributed by atoms with Crippen LogP contribution in [0.25, 0.3) is 53.0 Å². The quantitative estimate of drug-likeness (QED) is 0.204. The topological polar surface area (TPSA) is 39.9 Å². The molecule has 0 N–H and O–H groups in total. The summed E-state index contributed by atoms with van der Waals surface area (Å²) in [5, 5.41) is 15.7. The van der Waals surface area contributed by atoms with Gasteiger partial charge >= 0.3 is 0 Å². The van der Waals surface area contributed by atoms with E-state index in [1.165, 1.54) is 20.2 Å². The van der Waals surface area contributed by atoms with Gasteiger partial charge in [-0.3, -0.25) is 4.98 Å². The highest BCUT2D eigenvalue weighted by Crippen LogP contribution is 2.42. The van der Waals surface area contributed by atoms with Gasteiger partial charge in [-0.15, -0.1) is 11.3 Å². The second kappa shape index (κ2) is 9.85. The fourth-order valence-electron chi connectivity index (χ4n) is 5.99. The minimum Gasteiger partial charge on any atom is -0.311 e. The van der Waals surface area contributed by atoms with Gasteiger partial charge in [0, 0.05) is 54.2 Å². The van der Waals surface area contributed by atoms with Crippen LogP contribution >= 0.6 is 11.3 Å². The zero-order valence-electron chi connectivity index (χ0n) is 22.5. The van der Waals surface area contributed by atoms with E-state index in [0.717, 1.165) is 49.9 Å². The van der Waals surface area contributed by atoms with Crippen molar-refractivity contribution in [3.63, 3.8) is 0 Å². The molecule has 6 aromatic carbocycles. The smallest absolute Gasteiger partial charge is 0.0999 e. The fourth-order valence-corrected chi connectivity index (χ4v) is 7.13. The molecule has 2 heterocycles. The molecule has 3 nitrogen and oxygen atoms in total. The first-order chi connectivity index (χ1) is 20.8. The van der Waals surface area contributed by atoms with Crippen LogP contribution in [0.15, 0.2) is 140 Å². The third kappa shape index (κ3) is 3.91. The van der Waals surface area contributed by atoms with Crippen molar-refractivity contribution in [1.82, 2.24) is 4.98 Å². The van der Waals surface area contributed by atoms with E-state index in [4.69, 9.17) is 4.98 Å². The average molecular weight is 554 g/mol. The fraction of sp³-hybridized carbons (Fsp3) is 0. The van der Waals surface area contributed by atoms with Gasteiger partial charge in [-0.25, -0.2) is 0 Å². The van der Waals surface area contributed by atoms with Crippen LogP contribution in [0.1, 0.15) is 5.56 Å². The predicted molar refractivity (Wildman–Crippen MR) is 177 cm³/mol. The van der Waals surface area contributed by atoms with Crippen molar-refractivity contribution < 1.29 is 0 Å². The summed E-state index contributed by atoms with van der Waals surface area (Å²) in [7, 11) is 0. The highest BCUT2D eigenvalue weighted by Gasteiger charge is 2.17. The standard InChI is InChI=1S/C38H23N3S/c39-24-26-19-20-40-38-33-23-34-31-13-7-8-14-35(31)42-36(34)22-27(33)21-32(37(26)38)25-15-17-30(18-16-25)41(28-9-3-1-4-10-28)29-11-5-2-6-12-29/h1-23H. The number of aromatic nitrogens is 1. The van der Waals surface area contributed by atoms with Crippen LogP contribution in [0.2, 0.25) is 0 Å². The third-order valence-corrected chi connectivity index (χ3v) is 9.04. The molecule has 0 aliphatic carbocycles. The number of hydrogen-bond donors (Lipinski definition) is 0. The van der Waals surface area contributed by atoms with Gasteiger partial charge in [-0.2, -0.15) is 5.26 Å². The van der Waals surface area contributed by atoms with Crippen molar-refractivity contribution >= 4 is 70.2 Å². The molecule has 0 amide bonds. The van der Waals surface area contributed by atoms with Crippen LogP contribution in [0.4, 0.5) is 17.1 Å². The lowest BCUT2D eigenvalue weighted by molar-refractivity contribution is 1.28. The van der Waals surface area contributed by atoms with Gasteiger partial charge in [-0.1, -0.05) is 66.7 Å². The van der Waals surface area contributed by atoms with E-state index in [2.05, 4.69) is 126 Å². The molecule has 2 aromatic heterocycles. The Morgan fingerprint density at radius 2 is 1.26 bits per heavy atom. The van der Waals surface area contributed by atoms with Crippen LogP contribution < -0.4 is 4.90 Å². The number of pyridine rings is 1. The lowest BCUT2D eigenvalue weighted by Crippen LogP contribution is -2.09. The van der Waals surface area contributed by atoms with E-state index in [1.807, 2.05) is 29.5 Å². The first-order valence-electron chi connectivity index (χ1n) is 13.9. The molecule has 8 rings (SSSR count). The Morgan fingerprint density at radius 3 is 1.98 bits per heavy atom. The molecule has 0 bridgehead atoms. The van der Waals surface area contributed by atoms with E-state index < -0.39 is 0 Å².